The van der Waals surface area contributed by atoms with Crippen LogP contribution in [-0.2, 0) is 43.4 Å². The van der Waals surface area contributed by atoms with Gasteiger partial charge in [0.1, 0.15) is 15.4 Å². The van der Waals surface area contributed by atoms with Crippen LogP contribution in [0.15, 0.2) is 64.9 Å². The molecule has 0 bridgehead atoms. The smallest absolute Gasteiger partial charge is 0.410 e. The monoisotopic (exact) mass is 1060 g/mol. The van der Waals surface area contributed by atoms with E-state index in [-0.39, 0.29) is 38.9 Å². The maximum Gasteiger partial charge on any atom is 0.410 e. The molecule has 0 spiro atoms. The average molecular weight is 1060 g/mol. The predicted octanol–water partition coefficient (Wildman–Crippen LogP) is 7.26. The first-order valence-electron chi connectivity index (χ1n) is 23.8. The summed E-state index contributed by atoms with van der Waals surface area (Å²) in [5, 5.41) is 12.4. The van der Waals surface area contributed by atoms with Crippen molar-refractivity contribution >= 4 is 65.5 Å². The minimum atomic E-state index is -3.63. The Morgan fingerprint density at radius 1 is 0.726 bits per heavy atom. The molecule has 2 saturated heterocycles. The number of aromatic nitrogens is 10. The van der Waals surface area contributed by atoms with Crippen LogP contribution in [0.1, 0.15) is 96.0 Å². The van der Waals surface area contributed by atoms with Gasteiger partial charge >= 0.3 is 12.2 Å². The lowest BCUT2D eigenvalue weighted by Gasteiger charge is -2.34. The number of anilines is 2. The molecular weight excluding hydrogens is 997 g/mol. The van der Waals surface area contributed by atoms with E-state index in [4.69, 9.17) is 14.5 Å². The van der Waals surface area contributed by atoms with Gasteiger partial charge in [-0.15, -0.1) is 11.3 Å². The van der Waals surface area contributed by atoms with Gasteiger partial charge in [-0.25, -0.2) is 50.7 Å². The number of nitrogens with zero attached hydrogens (tertiary/aromatic N) is 13. The number of amides is 2. The van der Waals surface area contributed by atoms with E-state index in [1.165, 1.54) is 18.4 Å². The molecule has 392 valence electrons. The highest BCUT2D eigenvalue weighted by Crippen LogP contribution is 2.37. The van der Waals surface area contributed by atoms with Crippen LogP contribution in [0.25, 0.3) is 33.8 Å². The molecule has 0 radical (unpaired) electrons. The fraction of sp³-hybridized carbons (Fsp3) is 0.500. The van der Waals surface area contributed by atoms with Crippen LogP contribution < -0.4 is 5.32 Å². The van der Waals surface area contributed by atoms with Crippen molar-refractivity contribution in [2.75, 3.05) is 51.8 Å². The minimum Gasteiger partial charge on any atom is -0.444 e. The first kappa shape index (κ1) is 52.9. The van der Waals surface area contributed by atoms with E-state index in [1.807, 2.05) is 90.9 Å². The number of hydrogen-bond donors (Lipinski definition) is 1. The van der Waals surface area contributed by atoms with Gasteiger partial charge in [0.2, 0.25) is 0 Å². The van der Waals surface area contributed by atoms with Gasteiger partial charge in [0.05, 0.1) is 52.6 Å². The molecule has 2 atom stereocenters. The first-order chi connectivity index (χ1) is 34.1. The number of rotatable bonds is 9. The number of imidazole rings is 2. The largest absolute Gasteiger partial charge is 0.444 e. The van der Waals surface area contributed by atoms with Gasteiger partial charge in [-0.2, -0.15) is 10.2 Å². The fourth-order valence-corrected chi connectivity index (χ4v) is 12.2. The normalized spacial score (nSPS) is 17.0. The van der Waals surface area contributed by atoms with Gasteiger partial charge in [0, 0.05) is 108 Å². The molecule has 2 unspecified atom stereocenters. The molecule has 25 heteroatoms. The number of carbonyl (C=O) groups excluding carboxylic acids is 2. The zero-order chi connectivity index (χ0) is 52.9. The summed E-state index contributed by atoms with van der Waals surface area (Å²) in [4.78, 5) is 47.4. The highest BCUT2D eigenvalue weighted by Gasteiger charge is 2.33. The van der Waals surface area contributed by atoms with Crippen LogP contribution in [0, 0.1) is 6.92 Å². The van der Waals surface area contributed by atoms with Crippen LogP contribution in [0.3, 0.4) is 0 Å². The highest BCUT2D eigenvalue weighted by atomic mass is 32.2. The van der Waals surface area contributed by atoms with Gasteiger partial charge in [0.25, 0.3) is 10.0 Å². The number of sulfonamides is 1. The van der Waals surface area contributed by atoms with Crippen molar-refractivity contribution in [3.05, 3.63) is 72.6 Å². The number of ether oxygens (including phenoxy) is 2. The zero-order valence-corrected chi connectivity index (χ0v) is 45.8. The van der Waals surface area contributed by atoms with E-state index >= 15 is 0 Å². The molecule has 7 aromatic rings. The van der Waals surface area contributed by atoms with Gasteiger partial charge in [0.15, 0.2) is 32.0 Å². The van der Waals surface area contributed by atoms with Crippen LogP contribution in [0.2, 0.25) is 0 Å². The van der Waals surface area contributed by atoms with Crippen LogP contribution in [0.5, 0.6) is 0 Å². The molecule has 2 fully saturated rings. The molecule has 9 heterocycles. The van der Waals surface area contributed by atoms with Gasteiger partial charge in [-0.05, 0) is 85.8 Å². The number of likely N-dealkylation sites (tertiary alicyclic amines) is 2. The van der Waals surface area contributed by atoms with E-state index < -0.39 is 31.1 Å². The SMILES string of the molecule is Cc1cc(Nc2nc(C3CCCN(C(=O)OC(C)(C)C)C3)cn3c(-c4cnn(C)c4)cnc23)sc1S(=O)(=O)N(C)C.Cn1cc(-c2cnc3c(S(C)(=O)=O)nc(C4CCCN(C(=O)OC(C)(C)C)C4)cn23)cn1. The summed E-state index contributed by atoms with van der Waals surface area (Å²) in [5.74, 6) is 0.354. The molecule has 22 nitrogen and oxygen atoms in total. The molecule has 0 aromatic carbocycles. The zero-order valence-electron chi connectivity index (χ0n) is 43.3. The van der Waals surface area contributed by atoms with E-state index in [0.717, 1.165) is 71.5 Å². The Morgan fingerprint density at radius 3 is 1.66 bits per heavy atom. The van der Waals surface area contributed by atoms with Crippen LogP contribution in [-0.4, -0.2) is 149 Å². The van der Waals surface area contributed by atoms with Crippen molar-refractivity contribution in [3.8, 4) is 22.5 Å². The molecule has 2 aliphatic heterocycles. The Morgan fingerprint density at radius 2 is 1.21 bits per heavy atom. The van der Waals surface area contributed by atoms with Crippen molar-refractivity contribution in [3.63, 3.8) is 0 Å². The third-order valence-electron chi connectivity index (χ3n) is 12.2. The molecular formula is C48H64N14O8S3. The molecule has 7 aromatic heterocycles. The first-order valence-corrected chi connectivity index (χ1v) is 28.0. The second kappa shape index (κ2) is 20.1. The average Bonchev–Trinajstić information content (AvgIpc) is 4.16. The van der Waals surface area contributed by atoms with E-state index in [2.05, 4.69) is 30.5 Å². The summed E-state index contributed by atoms with van der Waals surface area (Å²) in [6.07, 6.45) is 18.1. The minimum absolute atomic E-state index is 0.0277. The number of thiophene rings is 1. The van der Waals surface area contributed by atoms with Crippen molar-refractivity contribution < 1.29 is 35.9 Å². The van der Waals surface area contributed by atoms with Crippen molar-refractivity contribution in [1.29, 1.82) is 0 Å². The number of piperidine rings is 2. The maximum absolute atomic E-state index is 12.9. The van der Waals surface area contributed by atoms with Crippen LogP contribution >= 0.6 is 11.3 Å². The maximum atomic E-state index is 12.9. The molecule has 0 saturated carbocycles. The number of sulfone groups is 1. The lowest BCUT2D eigenvalue weighted by Crippen LogP contribution is -2.42. The number of aryl methyl sites for hydroxylation is 3. The molecule has 2 amide bonds. The summed E-state index contributed by atoms with van der Waals surface area (Å²) in [6.45, 7) is 15.0. The van der Waals surface area contributed by atoms with E-state index in [9.17, 15) is 26.4 Å². The molecule has 0 aliphatic carbocycles. The van der Waals surface area contributed by atoms with Crippen molar-refractivity contribution in [2.45, 2.75) is 106 Å². The van der Waals surface area contributed by atoms with Crippen molar-refractivity contribution in [2.24, 2.45) is 14.1 Å². The Kier molecular flexibility index (Phi) is 14.6. The Bertz CT molecular complexity index is 3410. The summed E-state index contributed by atoms with van der Waals surface area (Å²) >= 11 is 1.16. The van der Waals surface area contributed by atoms with E-state index in [1.54, 1.807) is 55.3 Å². The topological polar surface area (TPSA) is 239 Å². The lowest BCUT2D eigenvalue weighted by atomic mass is 9.95. The van der Waals surface area contributed by atoms with Crippen molar-refractivity contribution in [1.82, 2.24) is 62.4 Å². The molecule has 9 rings (SSSR count). The van der Waals surface area contributed by atoms with E-state index in [0.29, 0.717) is 53.9 Å². The van der Waals surface area contributed by atoms with Gasteiger partial charge < -0.3 is 24.6 Å². The molecule has 73 heavy (non-hydrogen) atoms. The Hall–Kier alpha value is -6.44. The summed E-state index contributed by atoms with van der Waals surface area (Å²) < 4.78 is 70.6. The number of fused-ring (bicyclic) bond motifs is 2. The second-order valence-corrected chi connectivity index (χ2v) is 26.1. The second-order valence-electron chi connectivity index (χ2n) is 20.8. The number of carbonyl (C=O) groups is 2. The Labute approximate surface area is 429 Å². The summed E-state index contributed by atoms with van der Waals surface area (Å²) in [6, 6.07) is 1.81. The predicted molar refractivity (Wildman–Crippen MR) is 276 cm³/mol. The quantitative estimate of drug-likeness (QED) is 0.150. The van der Waals surface area contributed by atoms with Gasteiger partial charge in [-0.3, -0.25) is 18.2 Å². The Balaban J connectivity index is 0.000000201. The highest BCUT2D eigenvalue weighted by molar-refractivity contribution is 7.91. The number of hydrogen-bond acceptors (Lipinski definition) is 16. The lowest BCUT2D eigenvalue weighted by molar-refractivity contribution is 0.0187. The molecule has 1 N–H and O–H groups in total. The summed E-state index contributed by atoms with van der Waals surface area (Å²) in [5.41, 5.74) is 5.04. The van der Waals surface area contributed by atoms with Crippen LogP contribution in [0.4, 0.5) is 20.4 Å². The molecule has 2 aliphatic rings. The third kappa shape index (κ3) is 11.8. The summed E-state index contributed by atoms with van der Waals surface area (Å²) in [7, 11) is -0.508. The third-order valence-corrected chi connectivity index (χ3v) is 16.7. The van der Waals surface area contributed by atoms with Gasteiger partial charge in [-0.1, -0.05) is 0 Å². The number of nitrogens with one attached hydrogen (secondary N) is 1. The fourth-order valence-electron chi connectivity index (χ4n) is 8.73. The standard InChI is InChI=1S/C27H36N8O4S2.C21H28N6O4S/c1-17-11-22(40-25(17)41(37,38)32(5)6)31-23-24-28-13-21(19-12-29-33(7)14-19)35(24)16-20(30-23)18-9-8-10-34(15-18)26(36)39-27(2,3)4;1-21(2,3)31-20(28)26-8-6-7-14(12-26)16-13-27-17(15-9-23-25(4)11-15)10-22-18(27)19(24-16)32(5,29)30/h11-14,16,18H,8-10,15H2,1-7H3,(H,30,31);9-11,13-14H,6-8,12H2,1-5H3.